The summed E-state index contributed by atoms with van der Waals surface area (Å²) >= 11 is 0. The topological polar surface area (TPSA) is 9.23 Å². The van der Waals surface area contributed by atoms with Crippen molar-refractivity contribution in [3.63, 3.8) is 0 Å². The standard InChI is InChI=1S/C35H23F9O/c1-2-3-4-5-22-6-8-23(9-7-22)10-11-24-12-14-25(15-13-24)16-17-26-18-28(36)33(29(37)19-26)35(43,44)45-27-20-30(38)32(31(39)21-27)34(40,41)42/h6-9,12-15,18-21H,2-5H2,1H3. The zero-order valence-corrected chi connectivity index (χ0v) is 23.6. The molecule has 0 spiro atoms. The molecule has 0 aliphatic heterocycles. The maximum absolute atomic E-state index is 14.6. The molecule has 10 heteroatoms. The Morgan fingerprint density at radius 2 is 0.978 bits per heavy atom. The fourth-order valence-electron chi connectivity index (χ4n) is 4.26. The second-order valence-electron chi connectivity index (χ2n) is 9.92. The van der Waals surface area contributed by atoms with Crippen molar-refractivity contribution in [3.8, 4) is 29.4 Å². The second-order valence-corrected chi connectivity index (χ2v) is 9.92. The lowest BCUT2D eigenvalue weighted by Gasteiger charge is -2.20. The molecule has 0 N–H and O–H groups in total. The molecule has 1 nitrogen and oxygen atoms in total. The molecule has 0 fully saturated rings. The predicted octanol–water partition coefficient (Wildman–Crippen LogP) is 9.92. The van der Waals surface area contributed by atoms with Crippen LogP contribution >= 0.6 is 0 Å². The van der Waals surface area contributed by atoms with Crippen LogP contribution in [0.4, 0.5) is 39.5 Å². The normalized spacial score (nSPS) is 11.3. The molecule has 0 bridgehead atoms. The summed E-state index contributed by atoms with van der Waals surface area (Å²) in [7, 11) is 0. The monoisotopic (exact) mass is 630 g/mol. The average molecular weight is 631 g/mol. The van der Waals surface area contributed by atoms with Gasteiger partial charge in [0.2, 0.25) is 0 Å². The van der Waals surface area contributed by atoms with Gasteiger partial charge in [-0.05, 0) is 66.9 Å². The number of alkyl halides is 5. The molecular weight excluding hydrogens is 607 g/mol. The van der Waals surface area contributed by atoms with Crippen LogP contribution in [0.5, 0.6) is 5.75 Å². The van der Waals surface area contributed by atoms with Gasteiger partial charge in [-0.3, -0.25) is 0 Å². The summed E-state index contributed by atoms with van der Waals surface area (Å²) in [4.78, 5) is 0. The highest BCUT2D eigenvalue weighted by Gasteiger charge is 2.43. The van der Waals surface area contributed by atoms with E-state index in [9.17, 15) is 39.5 Å². The Morgan fingerprint density at radius 1 is 0.556 bits per heavy atom. The van der Waals surface area contributed by atoms with E-state index in [4.69, 9.17) is 0 Å². The number of ether oxygens (including phenoxy) is 1. The summed E-state index contributed by atoms with van der Waals surface area (Å²) in [6, 6.07) is 15.2. The second kappa shape index (κ2) is 13.9. The van der Waals surface area contributed by atoms with Crippen molar-refractivity contribution in [2.75, 3.05) is 0 Å². The predicted molar refractivity (Wildman–Crippen MR) is 150 cm³/mol. The Hall–Kier alpha value is -4.83. The molecule has 0 heterocycles. The summed E-state index contributed by atoms with van der Waals surface area (Å²) in [5.74, 6) is 1.66. The van der Waals surface area contributed by atoms with Crippen molar-refractivity contribution >= 4 is 0 Å². The first kappa shape index (κ1) is 33.1. The highest BCUT2D eigenvalue weighted by molar-refractivity contribution is 5.49. The van der Waals surface area contributed by atoms with Gasteiger partial charge in [-0.1, -0.05) is 55.6 Å². The first-order chi connectivity index (χ1) is 21.3. The molecule has 0 atom stereocenters. The van der Waals surface area contributed by atoms with E-state index >= 15 is 0 Å². The summed E-state index contributed by atoms with van der Waals surface area (Å²) in [5, 5.41) is 0. The molecule has 232 valence electrons. The number of unbranched alkanes of at least 4 members (excludes halogenated alkanes) is 2. The number of hydrogen-bond acceptors (Lipinski definition) is 1. The zero-order chi connectivity index (χ0) is 32.8. The number of rotatable bonds is 7. The highest BCUT2D eigenvalue weighted by Crippen LogP contribution is 2.39. The van der Waals surface area contributed by atoms with E-state index in [1.54, 1.807) is 24.3 Å². The van der Waals surface area contributed by atoms with Gasteiger partial charge in [0, 0.05) is 34.4 Å². The van der Waals surface area contributed by atoms with Gasteiger partial charge < -0.3 is 4.74 Å². The van der Waals surface area contributed by atoms with Crippen LogP contribution < -0.4 is 4.74 Å². The van der Waals surface area contributed by atoms with E-state index in [2.05, 4.69) is 35.3 Å². The van der Waals surface area contributed by atoms with E-state index in [-0.39, 0.29) is 17.7 Å². The largest absolute Gasteiger partial charge is 0.432 e. The molecule has 0 aliphatic carbocycles. The maximum Gasteiger partial charge on any atom is 0.432 e. The Morgan fingerprint density at radius 3 is 1.42 bits per heavy atom. The van der Waals surface area contributed by atoms with Crippen LogP contribution in [0.25, 0.3) is 0 Å². The van der Waals surface area contributed by atoms with Crippen molar-refractivity contribution in [3.05, 3.63) is 135 Å². The molecule has 0 saturated carbocycles. The molecule has 4 aromatic carbocycles. The zero-order valence-electron chi connectivity index (χ0n) is 23.6. The van der Waals surface area contributed by atoms with E-state index in [1.807, 2.05) is 24.3 Å². The fraction of sp³-hybridized carbons (Fsp3) is 0.200. The van der Waals surface area contributed by atoms with Crippen LogP contribution in [0.2, 0.25) is 0 Å². The van der Waals surface area contributed by atoms with Gasteiger partial charge in [0.1, 0.15) is 40.1 Å². The van der Waals surface area contributed by atoms with Crippen LogP contribution in [0.15, 0.2) is 72.8 Å². The SMILES string of the molecule is CCCCCc1ccc(C#Cc2ccc(C#Cc3cc(F)c(C(F)(F)Oc4cc(F)c(C(F)(F)F)c(F)c4)c(F)c3)cc2)cc1. The average Bonchev–Trinajstić information content (AvgIpc) is 2.94. The van der Waals surface area contributed by atoms with Gasteiger partial charge in [-0.2, -0.15) is 22.0 Å². The molecule has 4 rings (SSSR count). The minimum absolute atomic E-state index is 0.168. The minimum atomic E-state index is -5.46. The molecule has 0 aromatic heterocycles. The van der Waals surface area contributed by atoms with E-state index in [1.165, 1.54) is 12.0 Å². The van der Waals surface area contributed by atoms with Gasteiger partial charge in [0.25, 0.3) is 0 Å². The van der Waals surface area contributed by atoms with Gasteiger partial charge in [-0.15, -0.1) is 0 Å². The Balaban J connectivity index is 1.46. The quantitative estimate of drug-likeness (QED) is 0.112. The maximum atomic E-state index is 14.6. The molecule has 0 saturated heterocycles. The lowest BCUT2D eigenvalue weighted by molar-refractivity contribution is -0.189. The number of benzene rings is 4. The van der Waals surface area contributed by atoms with Gasteiger partial charge >= 0.3 is 12.3 Å². The smallest absolute Gasteiger partial charge is 0.429 e. The van der Waals surface area contributed by atoms with Crippen molar-refractivity contribution in [1.29, 1.82) is 0 Å². The molecular formula is C35H23F9O. The fourth-order valence-corrected chi connectivity index (χ4v) is 4.26. The Kier molecular flexibility index (Phi) is 10.2. The third kappa shape index (κ3) is 8.63. The summed E-state index contributed by atoms with van der Waals surface area (Å²) in [6.45, 7) is 2.15. The molecule has 0 unspecified atom stereocenters. The summed E-state index contributed by atoms with van der Waals surface area (Å²) in [6.07, 6.45) is -5.82. The molecule has 0 aliphatic rings. The Labute approximate surface area is 253 Å². The third-order valence-electron chi connectivity index (χ3n) is 6.49. The first-order valence-electron chi connectivity index (χ1n) is 13.6. The van der Waals surface area contributed by atoms with Crippen molar-refractivity contribution in [2.45, 2.75) is 44.9 Å². The third-order valence-corrected chi connectivity index (χ3v) is 6.49. The van der Waals surface area contributed by atoms with Crippen LogP contribution in [0.1, 0.15) is 65.1 Å². The van der Waals surface area contributed by atoms with Crippen LogP contribution in [0, 0.1) is 47.0 Å². The van der Waals surface area contributed by atoms with Gasteiger partial charge in [0.15, 0.2) is 0 Å². The van der Waals surface area contributed by atoms with E-state index < -0.39 is 52.4 Å². The van der Waals surface area contributed by atoms with Crippen LogP contribution in [-0.4, -0.2) is 0 Å². The van der Waals surface area contributed by atoms with Gasteiger partial charge in [-0.25, -0.2) is 17.6 Å². The van der Waals surface area contributed by atoms with Crippen molar-refractivity contribution in [2.24, 2.45) is 0 Å². The lowest BCUT2D eigenvalue weighted by Crippen LogP contribution is -2.25. The van der Waals surface area contributed by atoms with E-state index in [0.29, 0.717) is 23.3 Å². The van der Waals surface area contributed by atoms with Crippen molar-refractivity contribution < 1.29 is 44.3 Å². The number of aryl methyl sites for hydroxylation is 1. The number of hydrogen-bond donors (Lipinski definition) is 0. The highest BCUT2D eigenvalue weighted by atomic mass is 19.4. The Bertz CT molecular complexity index is 1740. The van der Waals surface area contributed by atoms with Crippen LogP contribution in [0.3, 0.4) is 0 Å². The molecule has 4 aromatic rings. The first-order valence-corrected chi connectivity index (χ1v) is 13.6. The summed E-state index contributed by atoms with van der Waals surface area (Å²) in [5.41, 5.74) is -1.37. The van der Waals surface area contributed by atoms with Crippen LogP contribution in [-0.2, 0) is 18.7 Å². The molecule has 45 heavy (non-hydrogen) atoms. The number of halogens is 9. The van der Waals surface area contributed by atoms with Crippen molar-refractivity contribution in [1.82, 2.24) is 0 Å². The van der Waals surface area contributed by atoms with Gasteiger partial charge in [0.05, 0.1) is 0 Å². The molecule has 0 radical (unpaired) electrons. The van der Waals surface area contributed by atoms with E-state index in [0.717, 1.165) is 24.8 Å². The summed E-state index contributed by atoms with van der Waals surface area (Å²) < 4.78 is 128. The minimum Gasteiger partial charge on any atom is -0.429 e. The lowest BCUT2D eigenvalue weighted by atomic mass is 10.1. The molecule has 0 amide bonds.